The lowest BCUT2D eigenvalue weighted by Crippen LogP contribution is -2.41. The minimum atomic E-state index is -1.73. The summed E-state index contributed by atoms with van der Waals surface area (Å²) in [4.78, 5) is 0. The van der Waals surface area contributed by atoms with Crippen LogP contribution in [0.15, 0.2) is 24.3 Å². The quantitative estimate of drug-likeness (QED) is 0.746. The van der Waals surface area contributed by atoms with E-state index in [9.17, 15) is 5.26 Å². The largest absolute Gasteiger partial charge is 0.396 e. The van der Waals surface area contributed by atoms with Crippen molar-refractivity contribution in [2.75, 3.05) is 0 Å². The molecule has 1 aromatic carbocycles. The van der Waals surface area contributed by atoms with E-state index in [-0.39, 0.29) is 0 Å². The van der Waals surface area contributed by atoms with E-state index in [0.717, 1.165) is 24.8 Å². The van der Waals surface area contributed by atoms with Crippen LogP contribution in [-0.2, 0) is 16.4 Å². The van der Waals surface area contributed by atoms with Crippen LogP contribution in [0.2, 0.25) is 19.6 Å². The number of hydrogen-bond donors (Lipinski definition) is 0. The Labute approximate surface area is 104 Å². The molecule has 0 heterocycles. The Morgan fingerprint density at radius 1 is 1.29 bits per heavy atom. The summed E-state index contributed by atoms with van der Waals surface area (Å²) in [6.07, 6.45) is 2.93. The van der Waals surface area contributed by atoms with Crippen LogP contribution in [0.1, 0.15) is 24.0 Å². The Hall–Kier alpha value is -1.11. The van der Waals surface area contributed by atoms with Crippen molar-refractivity contribution in [3.8, 4) is 6.07 Å². The first kappa shape index (κ1) is 12.3. The zero-order chi connectivity index (χ0) is 12.5. The van der Waals surface area contributed by atoms with Crippen molar-refractivity contribution in [1.82, 2.24) is 0 Å². The van der Waals surface area contributed by atoms with Gasteiger partial charge < -0.3 is 4.43 Å². The highest BCUT2D eigenvalue weighted by atomic mass is 28.4. The second kappa shape index (κ2) is 4.28. The van der Waals surface area contributed by atoms with E-state index >= 15 is 0 Å². The average molecular weight is 245 g/mol. The van der Waals surface area contributed by atoms with Gasteiger partial charge in [0.25, 0.3) is 0 Å². The van der Waals surface area contributed by atoms with E-state index in [0.29, 0.717) is 0 Å². The predicted octanol–water partition coefficient (Wildman–Crippen LogP) is 3.59. The van der Waals surface area contributed by atoms with Crippen LogP contribution in [0.3, 0.4) is 0 Å². The zero-order valence-corrected chi connectivity index (χ0v) is 11.8. The van der Waals surface area contributed by atoms with Crippen molar-refractivity contribution < 1.29 is 4.43 Å². The predicted molar refractivity (Wildman–Crippen MR) is 71.1 cm³/mol. The maximum Gasteiger partial charge on any atom is 0.186 e. The SMILES string of the molecule is C[Si](C)(C)OC1(C#N)CCCc2ccccc21. The molecule has 0 saturated carbocycles. The molecule has 0 saturated heterocycles. The molecule has 17 heavy (non-hydrogen) atoms. The summed E-state index contributed by atoms with van der Waals surface area (Å²) < 4.78 is 6.22. The number of nitrogens with zero attached hydrogens (tertiary/aromatic N) is 1. The number of aryl methyl sites for hydroxylation is 1. The molecule has 0 radical (unpaired) electrons. The molecule has 1 unspecified atom stereocenters. The van der Waals surface area contributed by atoms with E-state index in [4.69, 9.17) is 4.43 Å². The second-order valence-corrected chi connectivity index (χ2v) is 10.1. The van der Waals surface area contributed by atoms with Crippen molar-refractivity contribution in [3.63, 3.8) is 0 Å². The summed E-state index contributed by atoms with van der Waals surface area (Å²) in [5.74, 6) is 0. The molecule has 0 spiro atoms. The maximum atomic E-state index is 9.60. The first-order valence-electron chi connectivity index (χ1n) is 6.17. The number of fused-ring (bicyclic) bond motifs is 1. The Bertz CT molecular complexity index is 458. The molecule has 0 N–H and O–H groups in total. The highest BCUT2D eigenvalue weighted by Gasteiger charge is 2.41. The van der Waals surface area contributed by atoms with Gasteiger partial charge in [0, 0.05) is 5.56 Å². The summed E-state index contributed by atoms with van der Waals surface area (Å²) in [5.41, 5.74) is 1.67. The fourth-order valence-corrected chi connectivity index (χ4v) is 3.87. The number of nitriles is 1. The van der Waals surface area contributed by atoms with Gasteiger partial charge in [0.05, 0.1) is 0 Å². The van der Waals surface area contributed by atoms with Crippen LogP contribution in [0, 0.1) is 11.3 Å². The fourth-order valence-electron chi connectivity index (χ4n) is 2.56. The molecular weight excluding hydrogens is 226 g/mol. The minimum Gasteiger partial charge on any atom is -0.396 e. The Balaban J connectivity index is 2.47. The Morgan fingerprint density at radius 2 is 2.00 bits per heavy atom. The Kier molecular flexibility index (Phi) is 3.11. The minimum absolute atomic E-state index is 0.695. The van der Waals surface area contributed by atoms with Crippen molar-refractivity contribution >= 4 is 8.32 Å². The maximum absolute atomic E-state index is 9.60. The van der Waals surface area contributed by atoms with Gasteiger partial charge in [-0.3, -0.25) is 0 Å². The van der Waals surface area contributed by atoms with Gasteiger partial charge in [0.2, 0.25) is 0 Å². The monoisotopic (exact) mass is 245 g/mol. The highest BCUT2D eigenvalue weighted by Crippen LogP contribution is 2.39. The van der Waals surface area contributed by atoms with Crippen LogP contribution < -0.4 is 0 Å². The van der Waals surface area contributed by atoms with Crippen molar-refractivity contribution in [1.29, 1.82) is 5.26 Å². The first-order valence-corrected chi connectivity index (χ1v) is 9.57. The molecule has 2 rings (SSSR count). The topological polar surface area (TPSA) is 33.0 Å². The van der Waals surface area contributed by atoms with Gasteiger partial charge in [-0.25, -0.2) is 0 Å². The third kappa shape index (κ3) is 2.43. The van der Waals surface area contributed by atoms with E-state index in [2.05, 4.69) is 37.8 Å². The molecule has 1 aromatic rings. The lowest BCUT2D eigenvalue weighted by Gasteiger charge is -2.38. The zero-order valence-electron chi connectivity index (χ0n) is 10.8. The lowest BCUT2D eigenvalue weighted by molar-refractivity contribution is 0.0984. The van der Waals surface area contributed by atoms with E-state index in [1.165, 1.54) is 5.56 Å². The van der Waals surface area contributed by atoms with Crippen LogP contribution in [-0.4, -0.2) is 8.32 Å². The van der Waals surface area contributed by atoms with Gasteiger partial charge in [-0.05, 0) is 44.5 Å². The molecule has 0 aromatic heterocycles. The lowest BCUT2D eigenvalue weighted by atomic mass is 9.80. The third-order valence-electron chi connectivity index (χ3n) is 3.09. The Morgan fingerprint density at radius 3 is 2.65 bits per heavy atom. The summed E-state index contributed by atoms with van der Waals surface area (Å²) in [6, 6.07) is 10.7. The standard InChI is InChI=1S/C14H19NOSi/c1-17(2,3)16-14(11-15)10-6-8-12-7-4-5-9-13(12)14/h4-5,7,9H,6,8,10H2,1-3H3. The molecule has 1 atom stereocenters. The van der Waals surface area contributed by atoms with Crippen molar-refractivity contribution in [2.24, 2.45) is 0 Å². The number of benzene rings is 1. The van der Waals surface area contributed by atoms with Crippen LogP contribution >= 0.6 is 0 Å². The normalized spacial score (nSPS) is 23.9. The van der Waals surface area contributed by atoms with E-state index < -0.39 is 13.9 Å². The number of hydrogen-bond acceptors (Lipinski definition) is 2. The van der Waals surface area contributed by atoms with Gasteiger partial charge >= 0.3 is 0 Å². The van der Waals surface area contributed by atoms with E-state index in [1.54, 1.807) is 0 Å². The molecule has 3 heteroatoms. The van der Waals surface area contributed by atoms with Crippen LogP contribution in [0.5, 0.6) is 0 Å². The average Bonchev–Trinajstić information content (AvgIpc) is 2.27. The molecule has 0 amide bonds. The summed E-state index contributed by atoms with van der Waals surface area (Å²) in [6.45, 7) is 6.43. The molecule has 0 bridgehead atoms. The summed E-state index contributed by atoms with van der Waals surface area (Å²) >= 11 is 0. The highest BCUT2D eigenvalue weighted by molar-refractivity contribution is 6.69. The molecule has 2 nitrogen and oxygen atoms in total. The molecule has 1 aliphatic rings. The number of rotatable bonds is 2. The summed E-state index contributed by atoms with van der Waals surface area (Å²) in [7, 11) is -1.73. The van der Waals surface area contributed by atoms with Gasteiger partial charge in [-0.1, -0.05) is 24.3 Å². The van der Waals surface area contributed by atoms with Crippen LogP contribution in [0.25, 0.3) is 0 Å². The third-order valence-corrected chi connectivity index (χ3v) is 4.05. The van der Waals surface area contributed by atoms with Crippen molar-refractivity contribution in [3.05, 3.63) is 35.4 Å². The fraction of sp³-hybridized carbons (Fsp3) is 0.500. The molecular formula is C14H19NOSi. The smallest absolute Gasteiger partial charge is 0.186 e. The molecule has 0 aliphatic heterocycles. The summed E-state index contributed by atoms with van der Waals surface area (Å²) in [5, 5.41) is 9.60. The first-order chi connectivity index (χ1) is 7.97. The van der Waals surface area contributed by atoms with Gasteiger partial charge in [0.1, 0.15) is 6.07 Å². The van der Waals surface area contributed by atoms with Gasteiger partial charge in [-0.15, -0.1) is 0 Å². The van der Waals surface area contributed by atoms with Crippen LogP contribution in [0.4, 0.5) is 0 Å². The van der Waals surface area contributed by atoms with Gasteiger partial charge in [-0.2, -0.15) is 5.26 Å². The second-order valence-electron chi connectivity index (χ2n) is 5.66. The van der Waals surface area contributed by atoms with Crippen molar-refractivity contribution in [2.45, 2.75) is 44.5 Å². The van der Waals surface area contributed by atoms with Gasteiger partial charge in [0.15, 0.2) is 13.9 Å². The molecule has 0 fully saturated rings. The molecule has 1 aliphatic carbocycles. The van der Waals surface area contributed by atoms with E-state index in [1.807, 2.05) is 12.1 Å². The molecule has 90 valence electrons.